The summed E-state index contributed by atoms with van der Waals surface area (Å²) in [6.45, 7) is 4.39. The molecule has 0 bridgehead atoms. The monoisotopic (exact) mass is 298 g/mol. The molecule has 0 spiro atoms. The number of nitrogens with one attached hydrogen (secondary N) is 1. The fourth-order valence-electron chi connectivity index (χ4n) is 3.15. The molecule has 5 nitrogen and oxygen atoms in total. The van der Waals surface area contributed by atoms with E-state index in [4.69, 9.17) is 4.74 Å². The molecule has 2 unspecified atom stereocenters. The van der Waals surface area contributed by atoms with Gasteiger partial charge in [-0.2, -0.15) is 0 Å². The number of carbonyl (C=O) groups excluding carboxylic acids is 1. The predicted molar refractivity (Wildman–Crippen MR) is 82.1 cm³/mol. The Morgan fingerprint density at radius 3 is 2.57 bits per heavy atom. The highest BCUT2D eigenvalue weighted by atomic mass is 16.5. The molecule has 0 aromatic rings. The van der Waals surface area contributed by atoms with Crippen LogP contribution in [0.25, 0.3) is 0 Å². The van der Waals surface area contributed by atoms with Crippen LogP contribution in [-0.4, -0.2) is 60.4 Å². The van der Waals surface area contributed by atoms with E-state index in [2.05, 4.69) is 5.32 Å². The largest absolute Gasteiger partial charge is 0.389 e. The fourth-order valence-corrected chi connectivity index (χ4v) is 3.15. The second kappa shape index (κ2) is 8.71. The van der Waals surface area contributed by atoms with E-state index in [0.29, 0.717) is 19.3 Å². The molecule has 1 aliphatic heterocycles. The summed E-state index contributed by atoms with van der Waals surface area (Å²) in [5.74, 6) is 0.146. The number of likely N-dealkylation sites (tertiary alicyclic amines) is 1. The third kappa shape index (κ3) is 5.57. The standard InChI is InChI=1S/C16H30N2O3/c1-13(16(20)18-9-5-6-10-18)17-11-14(19)12-21-15-7-3-2-4-8-15/h13-15,17,19H,2-12H2,1H3. The number of hydrogen-bond acceptors (Lipinski definition) is 4. The second-order valence-corrected chi connectivity index (χ2v) is 6.41. The van der Waals surface area contributed by atoms with Crippen LogP contribution >= 0.6 is 0 Å². The molecule has 2 rings (SSSR count). The number of rotatable bonds is 7. The van der Waals surface area contributed by atoms with E-state index in [1.54, 1.807) is 0 Å². The molecule has 5 heteroatoms. The van der Waals surface area contributed by atoms with Gasteiger partial charge in [0.1, 0.15) is 0 Å². The van der Waals surface area contributed by atoms with Gasteiger partial charge in [0.2, 0.25) is 5.91 Å². The highest BCUT2D eigenvalue weighted by molar-refractivity contribution is 5.81. The summed E-state index contributed by atoms with van der Waals surface area (Å²) in [7, 11) is 0. The van der Waals surface area contributed by atoms with E-state index in [9.17, 15) is 9.90 Å². The van der Waals surface area contributed by atoms with Crippen molar-refractivity contribution in [3.05, 3.63) is 0 Å². The molecule has 2 atom stereocenters. The highest BCUT2D eigenvalue weighted by Crippen LogP contribution is 2.20. The SMILES string of the molecule is CC(NCC(O)COC1CCCCC1)C(=O)N1CCCC1. The first-order valence-electron chi connectivity index (χ1n) is 8.48. The molecule has 122 valence electrons. The Bertz CT molecular complexity index is 313. The molecule has 2 N–H and O–H groups in total. The Morgan fingerprint density at radius 2 is 1.90 bits per heavy atom. The molecule has 0 aromatic carbocycles. The van der Waals surface area contributed by atoms with E-state index in [1.807, 2.05) is 11.8 Å². The lowest BCUT2D eigenvalue weighted by Crippen LogP contribution is -2.46. The molecular weight excluding hydrogens is 268 g/mol. The first-order valence-corrected chi connectivity index (χ1v) is 8.48. The zero-order valence-corrected chi connectivity index (χ0v) is 13.2. The highest BCUT2D eigenvalue weighted by Gasteiger charge is 2.23. The zero-order valence-electron chi connectivity index (χ0n) is 13.2. The van der Waals surface area contributed by atoms with Gasteiger partial charge in [0.15, 0.2) is 0 Å². The zero-order chi connectivity index (χ0) is 15.1. The van der Waals surface area contributed by atoms with Crippen molar-refractivity contribution in [3.8, 4) is 0 Å². The number of nitrogens with zero attached hydrogens (tertiary/aromatic N) is 1. The summed E-state index contributed by atoms with van der Waals surface area (Å²) < 4.78 is 5.75. The van der Waals surface area contributed by atoms with Crippen LogP contribution in [-0.2, 0) is 9.53 Å². The number of hydrogen-bond donors (Lipinski definition) is 2. The van der Waals surface area contributed by atoms with Gasteiger partial charge in [-0.05, 0) is 32.6 Å². The fraction of sp³-hybridized carbons (Fsp3) is 0.938. The van der Waals surface area contributed by atoms with E-state index < -0.39 is 6.10 Å². The van der Waals surface area contributed by atoms with Crippen molar-refractivity contribution < 1.29 is 14.6 Å². The van der Waals surface area contributed by atoms with Crippen molar-refractivity contribution in [3.63, 3.8) is 0 Å². The van der Waals surface area contributed by atoms with Gasteiger partial charge in [-0.1, -0.05) is 19.3 Å². The third-order valence-corrected chi connectivity index (χ3v) is 4.52. The molecule has 1 saturated carbocycles. The van der Waals surface area contributed by atoms with E-state index in [-0.39, 0.29) is 11.9 Å². The predicted octanol–water partition coefficient (Wildman–Crippen LogP) is 1.30. The summed E-state index contributed by atoms with van der Waals surface area (Å²) in [6, 6.07) is -0.229. The van der Waals surface area contributed by atoms with Crippen molar-refractivity contribution in [1.29, 1.82) is 0 Å². The molecule has 1 heterocycles. The lowest BCUT2D eigenvalue weighted by molar-refractivity contribution is -0.132. The number of carbonyl (C=O) groups is 1. The van der Waals surface area contributed by atoms with Crippen LogP contribution in [0.2, 0.25) is 0 Å². The van der Waals surface area contributed by atoms with Crippen LogP contribution in [0, 0.1) is 0 Å². The van der Waals surface area contributed by atoms with Crippen LogP contribution < -0.4 is 5.32 Å². The normalized spacial score (nSPS) is 23.2. The van der Waals surface area contributed by atoms with Crippen molar-refractivity contribution in [2.75, 3.05) is 26.2 Å². The second-order valence-electron chi connectivity index (χ2n) is 6.41. The summed E-state index contributed by atoms with van der Waals surface area (Å²) >= 11 is 0. The molecule has 1 amide bonds. The quantitative estimate of drug-likeness (QED) is 0.744. The van der Waals surface area contributed by atoms with Gasteiger partial charge in [-0.3, -0.25) is 4.79 Å². The van der Waals surface area contributed by atoms with Crippen LogP contribution in [0.15, 0.2) is 0 Å². The summed E-state index contributed by atoms with van der Waals surface area (Å²) in [6.07, 6.45) is 8.00. The minimum Gasteiger partial charge on any atom is -0.389 e. The van der Waals surface area contributed by atoms with E-state index in [0.717, 1.165) is 38.8 Å². The lowest BCUT2D eigenvalue weighted by Gasteiger charge is -2.25. The van der Waals surface area contributed by atoms with Crippen molar-refractivity contribution in [1.82, 2.24) is 10.2 Å². The summed E-state index contributed by atoms with van der Waals surface area (Å²) in [4.78, 5) is 14.0. The molecule has 21 heavy (non-hydrogen) atoms. The minimum atomic E-state index is -0.541. The molecule has 1 saturated heterocycles. The van der Waals surface area contributed by atoms with Crippen LogP contribution in [0.1, 0.15) is 51.9 Å². The molecule has 2 aliphatic rings. The maximum absolute atomic E-state index is 12.1. The van der Waals surface area contributed by atoms with Crippen molar-refractivity contribution in [2.45, 2.75) is 70.1 Å². The van der Waals surface area contributed by atoms with Gasteiger partial charge >= 0.3 is 0 Å². The Kier molecular flexibility index (Phi) is 6.93. The van der Waals surface area contributed by atoms with Gasteiger partial charge in [-0.25, -0.2) is 0 Å². The molecular formula is C16H30N2O3. The summed E-state index contributed by atoms with van der Waals surface area (Å²) in [5, 5.41) is 13.1. The third-order valence-electron chi connectivity index (χ3n) is 4.52. The summed E-state index contributed by atoms with van der Waals surface area (Å²) in [5.41, 5.74) is 0. The number of ether oxygens (including phenoxy) is 1. The van der Waals surface area contributed by atoms with Crippen LogP contribution in [0.5, 0.6) is 0 Å². The lowest BCUT2D eigenvalue weighted by atomic mass is 9.98. The Balaban J connectivity index is 1.58. The van der Waals surface area contributed by atoms with Crippen LogP contribution in [0.4, 0.5) is 0 Å². The average molecular weight is 298 g/mol. The maximum atomic E-state index is 12.1. The van der Waals surface area contributed by atoms with Gasteiger partial charge in [-0.15, -0.1) is 0 Å². The Labute approximate surface area is 128 Å². The Hall–Kier alpha value is -0.650. The number of amides is 1. The number of aliphatic hydroxyl groups is 1. The van der Waals surface area contributed by atoms with Crippen LogP contribution in [0.3, 0.4) is 0 Å². The average Bonchev–Trinajstić information content (AvgIpc) is 3.05. The van der Waals surface area contributed by atoms with E-state index >= 15 is 0 Å². The van der Waals surface area contributed by atoms with Gasteiger partial charge in [0.05, 0.1) is 24.9 Å². The van der Waals surface area contributed by atoms with Gasteiger partial charge in [0.25, 0.3) is 0 Å². The number of aliphatic hydroxyl groups excluding tert-OH is 1. The topological polar surface area (TPSA) is 61.8 Å². The Morgan fingerprint density at radius 1 is 1.24 bits per heavy atom. The first kappa shape index (κ1) is 16.7. The van der Waals surface area contributed by atoms with Gasteiger partial charge in [0, 0.05) is 19.6 Å². The van der Waals surface area contributed by atoms with Gasteiger partial charge < -0.3 is 20.1 Å². The first-order chi connectivity index (χ1) is 10.2. The van der Waals surface area contributed by atoms with Crippen molar-refractivity contribution in [2.24, 2.45) is 0 Å². The molecule has 0 radical (unpaired) electrons. The van der Waals surface area contributed by atoms with E-state index in [1.165, 1.54) is 19.3 Å². The molecule has 1 aliphatic carbocycles. The molecule has 2 fully saturated rings. The smallest absolute Gasteiger partial charge is 0.239 e. The minimum absolute atomic E-state index is 0.146. The van der Waals surface area contributed by atoms with Crippen molar-refractivity contribution >= 4 is 5.91 Å². The molecule has 0 aromatic heterocycles. The maximum Gasteiger partial charge on any atom is 0.239 e.